The van der Waals surface area contributed by atoms with E-state index in [0.717, 1.165) is 18.2 Å². The summed E-state index contributed by atoms with van der Waals surface area (Å²) in [7, 11) is -3.20. The lowest BCUT2D eigenvalue weighted by atomic mass is 10.0. The van der Waals surface area contributed by atoms with E-state index in [1.165, 1.54) is 16.9 Å². The summed E-state index contributed by atoms with van der Waals surface area (Å²) in [4.78, 5) is 17.2. The summed E-state index contributed by atoms with van der Waals surface area (Å²) in [6.07, 6.45) is -2.26. The second kappa shape index (κ2) is 8.69. The number of hydrogen-bond acceptors (Lipinski definition) is 7. The Morgan fingerprint density at radius 3 is 2.46 bits per heavy atom. The Morgan fingerprint density at radius 1 is 1.24 bits per heavy atom. The van der Waals surface area contributed by atoms with E-state index in [0.29, 0.717) is 6.92 Å². The van der Waals surface area contributed by atoms with E-state index < -0.39 is 44.9 Å². The van der Waals surface area contributed by atoms with Gasteiger partial charge in [0.1, 0.15) is 22.8 Å². The fraction of sp³-hybridized carbons (Fsp3) is 0.458. The molecule has 1 atom stereocenters. The zero-order valence-corrected chi connectivity index (χ0v) is 21.7. The van der Waals surface area contributed by atoms with Crippen LogP contribution in [-0.4, -0.2) is 63.0 Å². The molecule has 0 saturated carbocycles. The third kappa shape index (κ3) is 5.57. The molecule has 1 aliphatic rings. The maximum absolute atomic E-state index is 14.9. The van der Waals surface area contributed by atoms with Gasteiger partial charge in [0.25, 0.3) is 5.91 Å². The van der Waals surface area contributed by atoms with Crippen LogP contribution < -0.4 is 10.1 Å². The quantitative estimate of drug-likeness (QED) is 0.470. The fourth-order valence-corrected chi connectivity index (χ4v) is 6.22. The lowest BCUT2D eigenvalue weighted by molar-refractivity contribution is -0.158. The van der Waals surface area contributed by atoms with Crippen LogP contribution in [0.15, 0.2) is 30.5 Å². The monoisotopic (exact) mass is 540 g/mol. The van der Waals surface area contributed by atoms with E-state index in [2.05, 4.69) is 20.1 Å². The van der Waals surface area contributed by atoms with Crippen molar-refractivity contribution in [1.82, 2.24) is 20.1 Å². The van der Waals surface area contributed by atoms with Crippen LogP contribution in [0.3, 0.4) is 0 Å². The first-order valence-corrected chi connectivity index (χ1v) is 13.2. The van der Waals surface area contributed by atoms with Crippen molar-refractivity contribution in [1.29, 1.82) is 0 Å². The van der Waals surface area contributed by atoms with Gasteiger partial charge in [0, 0.05) is 18.7 Å². The number of aliphatic hydroxyl groups is 1. The molecule has 1 fully saturated rings. The minimum atomic E-state index is -3.50. The number of hydrogen-bond donors (Lipinski definition) is 2. The van der Waals surface area contributed by atoms with Gasteiger partial charge >= 0.3 is 6.11 Å². The lowest BCUT2D eigenvalue weighted by Gasteiger charge is -2.38. The van der Waals surface area contributed by atoms with E-state index in [1.807, 2.05) is 0 Å². The number of ether oxygens (including phenoxy) is 1. The van der Waals surface area contributed by atoms with E-state index in [-0.39, 0.29) is 45.1 Å². The largest absolute Gasteiger partial charge is 0.433 e. The molecule has 3 aromatic rings. The number of amides is 1. The SMILES string of the molecule is C[C@H](n1nc(-c2cc(OC(C)(F)F)ccc2F)c2ncc(C(=O)NC3(C)CS(=O)(=O)C3)cc21)C(C)(C)O. The number of aromatic nitrogens is 3. The van der Waals surface area contributed by atoms with Crippen molar-refractivity contribution in [2.45, 2.75) is 57.9 Å². The lowest BCUT2D eigenvalue weighted by Crippen LogP contribution is -2.63. The number of halogens is 3. The molecule has 3 heterocycles. The maximum atomic E-state index is 14.9. The van der Waals surface area contributed by atoms with Crippen LogP contribution in [0.4, 0.5) is 13.2 Å². The highest BCUT2D eigenvalue weighted by atomic mass is 32.2. The van der Waals surface area contributed by atoms with Crippen LogP contribution in [0.1, 0.15) is 51.0 Å². The molecule has 4 rings (SSSR count). The van der Waals surface area contributed by atoms with Gasteiger partial charge in [-0.2, -0.15) is 13.9 Å². The standard InChI is InChI=1S/C24H27F3N4O5S/c1-13(22(2,3)33)31-18-8-14(21(32)29-23(4)11-37(34,35)12-23)10-28-20(18)19(30-31)16-9-15(6-7-17(16)25)36-24(5,26)27/h6-10,13,33H,11-12H2,1-5H3,(H,29,32)/t13-/m0/s1. The average molecular weight is 541 g/mol. The number of benzene rings is 1. The topological polar surface area (TPSA) is 123 Å². The van der Waals surface area contributed by atoms with Crippen molar-refractivity contribution in [3.63, 3.8) is 0 Å². The van der Waals surface area contributed by atoms with Crippen molar-refractivity contribution in [2.75, 3.05) is 11.5 Å². The molecular weight excluding hydrogens is 513 g/mol. The third-order valence-electron chi connectivity index (χ3n) is 6.18. The Bertz CT molecular complexity index is 1480. The van der Waals surface area contributed by atoms with E-state index in [1.54, 1.807) is 27.7 Å². The van der Waals surface area contributed by atoms with Gasteiger partial charge < -0.3 is 15.2 Å². The molecule has 0 aliphatic carbocycles. The fourth-order valence-electron chi connectivity index (χ4n) is 4.22. The highest BCUT2D eigenvalue weighted by Crippen LogP contribution is 2.35. The predicted molar refractivity (Wildman–Crippen MR) is 130 cm³/mol. The van der Waals surface area contributed by atoms with Gasteiger partial charge in [-0.3, -0.25) is 14.5 Å². The molecule has 0 spiro atoms. The molecule has 0 radical (unpaired) electrons. The molecule has 0 bridgehead atoms. The van der Waals surface area contributed by atoms with Crippen LogP contribution in [0, 0.1) is 5.82 Å². The van der Waals surface area contributed by atoms with Gasteiger partial charge in [-0.25, -0.2) is 12.8 Å². The van der Waals surface area contributed by atoms with E-state index >= 15 is 0 Å². The molecule has 200 valence electrons. The third-order valence-corrected chi connectivity index (χ3v) is 8.33. The Kier molecular flexibility index (Phi) is 6.31. The summed E-state index contributed by atoms with van der Waals surface area (Å²) < 4.78 is 70.8. The van der Waals surface area contributed by atoms with Gasteiger partial charge in [-0.15, -0.1) is 0 Å². The summed E-state index contributed by atoms with van der Waals surface area (Å²) >= 11 is 0. The zero-order chi connectivity index (χ0) is 27.6. The number of rotatable bonds is 7. The number of sulfone groups is 1. The Balaban J connectivity index is 1.82. The minimum Gasteiger partial charge on any atom is -0.433 e. The first kappa shape index (κ1) is 26.9. The zero-order valence-electron chi connectivity index (χ0n) is 20.8. The minimum absolute atomic E-state index is 0.00234. The molecule has 1 saturated heterocycles. The van der Waals surface area contributed by atoms with Gasteiger partial charge in [0.15, 0.2) is 9.84 Å². The molecule has 1 amide bonds. The molecule has 13 heteroatoms. The van der Waals surface area contributed by atoms with Crippen molar-refractivity contribution in [3.05, 3.63) is 41.8 Å². The molecule has 37 heavy (non-hydrogen) atoms. The highest BCUT2D eigenvalue weighted by Gasteiger charge is 2.46. The second-order valence-corrected chi connectivity index (χ2v) is 12.4. The smallest absolute Gasteiger partial charge is 0.394 e. The predicted octanol–water partition coefficient (Wildman–Crippen LogP) is 3.48. The number of carbonyl (C=O) groups excluding carboxylic acids is 1. The molecule has 2 aromatic heterocycles. The normalized spacial score (nSPS) is 17.8. The average Bonchev–Trinajstić information content (AvgIpc) is 3.09. The summed E-state index contributed by atoms with van der Waals surface area (Å²) in [5.74, 6) is -2.00. The number of nitrogens with zero attached hydrogens (tertiary/aromatic N) is 3. The van der Waals surface area contributed by atoms with E-state index in [4.69, 9.17) is 0 Å². The molecule has 1 aliphatic heterocycles. The van der Waals surface area contributed by atoms with Crippen LogP contribution in [-0.2, 0) is 9.84 Å². The number of carbonyl (C=O) groups is 1. The summed E-state index contributed by atoms with van der Waals surface area (Å²) in [5.41, 5.74) is -1.85. The number of pyridine rings is 1. The van der Waals surface area contributed by atoms with Crippen molar-refractivity contribution in [2.24, 2.45) is 0 Å². The number of nitrogens with one attached hydrogen (secondary N) is 1. The Hall–Kier alpha value is -3.19. The van der Waals surface area contributed by atoms with Gasteiger partial charge in [-0.1, -0.05) is 0 Å². The first-order chi connectivity index (χ1) is 16.9. The van der Waals surface area contributed by atoms with Crippen LogP contribution in [0.2, 0.25) is 0 Å². The van der Waals surface area contributed by atoms with Gasteiger partial charge in [-0.05, 0) is 52.0 Å². The second-order valence-electron chi connectivity index (χ2n) is 10.3. The molecule has 2 N–H and O–H groups in total. The van der Waals surface area contributed by atoms with Crippen molar-refractivity contribution in [3.8, 4) is 17.0 Å². The molecule has 1 aromatic carbocycles. The molecule has 0 unspecified atom stereocenters. The van der Waals surface area contributed by atoms with Gasteiger partial charge in [0.2, 0.25) is 0 Å². The summed E-state index contributed by atoms with van der Waals surface area (Å²) in [5, 5.41) is 17.8. The number of alkyl halides is 2. The first-order valence-electron chi connectivity index (χ1n) is 11.4. The van der Waals surface area contributed by atoms with E-state index in [9.17, 15) is 31.5 Å². The highest BCUT2D eigenvalue weighted by molar-refractivity contribution is 7.93. The van der Waals surface area contributed by atoms with Crippen molar-refractivity contribution >= 4 is 26.8 Å². The van der Waals surface area contributed by atoms with Crippen molar-refractivity contribution < 1.29 is 36.2 Å². The van der Waals surface area contributed by atoms with Gasteiger partial charge in [0.05, 0.1) is 39.8 Å². The Labute approximate surface area is 211 Å². The number of fused-ring (bicyclic) bond motifs is 1. The maximum Gasteiger partial charge on any atom is 0.394 e. The van der Waals surface area contributed by atoms with Crippen LogP contribution in [0.25, 0.3) is 22.3 Å². The van der Waals surface area contributed by atoms with Crippen LogP contribution >= 0.6 is 0 Å². The molecular formula is C24H27F3N4O5S. The summed E-state index contributed by atoms with van der Waals surface area (Å²) in [6.45, 7) is 6.93. The Morgan fingerprint density at radius 2 is 1.89 bits per heavy atom. The molecule has 9 nitrogen and oxygen atoms in total. The van der Waals surface area contributed by atoms with Crippen LogP contribution in [0.5, 0.6) is 5.75 Å². The summed E-state index contributed by atoms with van der Waals surface area (Å²) in [6, 6.07) is 3.88.